The topological polar surface area (TPSA) is 101 Å². The van der Waals surface area contributed by atoms with Gasteiger partial charge < -0.3 is 28.8 Å². The number of hydrogen-bond donors (Lipinski definition) is 1. The summed E-state index contributed by atoms with van der Waals surface area (Å²) in [5, 5.41) is 9.32. The number of methoxy groups -OCH3 is 4. The Kier molecular flexibility index (Phi) is 5.50. The molecule has 1 N–H and O–H groups in total. The molecule has 24 heavy (non-hydrogen) atoms. The molecular formula is C16H20O8. The van der Waals surface area contributed by atoms with Gasteiger partial charge in [0, 0.05) is 0 Å². The van der Waals surface area contributed by atoms with Gasteiger partial charge in [-0.25, -0.2) is 0 Å². The molecule has 8 heteroatoms. The average molecular weight is 340 g/mol. The van der Waals surface area contributed by atoms with E-state index in [0.29, 0.717) is 22.8 Å². The monoisotopic (exact) mass is 340 g/mol. The molecule has 0 unspecified atom stereocenters. The van der Waals surface area contributed by atoms with Crippen LogP contribution in [-0.4, -0.2) is 52.1 Å². The number of carbonyl (C=O) groups excluding carboxylic acids is 1. The lowest BCUT2D eigenvalue weighted by molar-refractivity contribution is -0.154. The molecule has 132 valence electrons. The van der Waals surface area contributed by atoms with Crippen molar-refractivity contribution in [2.45, 2.75) is 6.10 Å². The summed E-state index contributed by atoms with van der Waals surface area (Å²) in [5.41, 5.74) is 0.545. The molecule has 8 nitrogen and oxygen atoms in total. The Hall–Kier alpha value is -2.48. The Balaban J connectivity index is 2.49. The van der Waals surface area contributed by atoms with Crippen molar-refractivity contribution in [2.75, 3.05) is 35.0 Å². The molecule has 0 aromatic heterocycles. The number of ether oxygens (including phenoxy) is 5. The van der Waals surface area contributed by atoms with Gasteiger partial charge in [-0.1, -0.05) is 0 Å². The van der Waals surface area contributed by atoms with Crippen molar-refractivity contribution in [3.05, 3.63) is 17.7 Å². The van der Waals surface area contributed by atoms with Crippen LogP contribution in [0.3, 0.4) is 0 Å². The van der Waals surface area contributed by atoms with Crippen molar-refractivity contribution >= 4 is 11.9 Å². The molecular weight excluding hydrogens is 320 g/mol. The van der Waals surface area contributed by atoms with Crippen molar-refractivity contribution in [3.63, 3.8) is 0 Å². The number of aliphatic carboxylic acids is 1. The van der Waals surface area contributed by atoms with Gasteiger partial charge >= 0.3 is 11.9 Å². The molecule has 0 amide bonds. The first-order valence-electron chi connectivity index (χ1n) is 7.20. The first kappa shape index (κ1) is 17.9. The molecule has 0 aliphatic carbocycles. The molecule has 0 saturated carbocycles. The minimum atomic E-state index is -1.11. The zero-order valence-corrected chi connectivity index (χ0v) is 13.9. The van der Waals surface area contributed by atoms with Crippen LogP contribution in [0.2, 0.25) is 0 Å². The number of rotatable bonds is 6. The lowest BCUT2D eigenvalue weighted by atomic mass is 9.87. The van der Waals surface area contributed by atoms with Crippen molar-refractivity contribution in [2.24, 2.45) is 11.8 Å². The second-order valence-electron chi connectivity index (χ2n) is 5.21. The van der Waals surface area contributed by atoms with Crippen LogP contribution < -0.4 is 14.2 Å². The minimum absolute atomic E-state index is 0.0869. The quantitative estimate of drug-likeness (QED) is 0.773. The van der Waals surface area contributed by atoms with Gasteiger partial charge in [0.1, 0.15) is 5.92 Å². The smallest absolute Gasteiger partial charge is 0.312 e. The van der Waals surface area contributed by atoms with Gasteiger partial charge in [0.05, 0.1) is 47.1 Å². The van der Waals surface area contributed by atoms with E-state index in [1.807, 2.05) is 0 Å². The molecule has 1 aromatic carbocycles. The summed E-state index contributed by atoms with van der Waals surface area (Å²) in [7, 11) is 5.62. The highest BCUT2D eigenvalue weighted by atomic mass is 16.5. The molecule has 1 heterocycles. The van der Waals surface area contributed by atoms with E-state index in [9.17, 15) is 14.7 Å². The van der Waals surface area contributed by atoms with E-state index in [1.54, 1.807) is 12.1 Å². The molecule has 0 radical (unpaired) electrons. The van der Waals surface area contributed by atoms with Gasteiger partial charge in [-0.15, -0.1) is 0 Å². The summed E-state index contributed by atoms with van der Waals surface area (Å²) < 4.78 is 26.2. The lowest BCUT2D eigenvalue weighted by Crippen LogP contribution is -2.30. The van der Waals surface area contributed by atoms with Crippen molar-refractivity contribution in [3.8, 4) is 17.2 Å². The van der Waals surface area contributed by atoms with Crippen molar-refractivity contribution in [1.82, 2.24) is 0 Å². The Morgan fingerprint density at radius 1 is 1.08 bits per heavy atom. The Labute approximate surface area is 139 Å². The molecule has 1 fully saturated rings. The minimum Gasteiger partial charge on any atom is -0.493 e. The summed E-state index contributed by atoms with van der Waals surface area (Å²) in [5.74, 6) is -2.53. The van der Waals surface area contributed by atoms with E-state index >= 15 is 0 Å². The van der Waals surface area contributed by atoms with Crippen LogP contribution in [0.1, 0.15) is 11.7 Å². The first-order chi connectivity index (χ1) is 11.5. The second-order valence-corrected chi connectivity index (χ2v) is 5.21. The van der Waals surface area contributed by atoms with Gasteiger partial charge in [-0.2, -0.15) is 0 Å². The van der Waals surface area contributed by atoms with E-state index in [0.717, 1.165) is 0 Å². The fraction of sp³-hybridized carbons (Fsp3) is 0.500. The van der Waals surface area contributed by atoms with Crippen LogP contribution in [0, 0.1) is 11.8 Å². The van der Waals surface area contributed by atoms with Gasteiger partial charge in [0.2, 0.25) is 5.75 Å². The zero-order chi connectivity index (χ0) is 17.9. The summed E-state index contributed by atoms with van der Waals surface area (Å²) in [6.45, 7) is -0.0869. The fourth-order valence-corrected chi connectivity index (χ4v) is 2.84. The maximum absolute atomic E-state index is 12.1. The summed E-state index contributed by atoms with van der Waals surface area (Å²) in [6, 6.07) is 3.26. The molecule has 1 aliphatic rings. The highest BCUT2D eigenvalue weighted by Crippen LogP contribution is 2.45. The maximum atomic E-state index is 12.1. The standard InChI is InChI=1S/C16H20O8/c1-20-10-5-8(6-11(21-2)14(10)22-3)13-12(16(19)23-4)9(7-24-13)15(17)18/h5-6,9,12-13H,7H2,1-4H3,(H,17,18)/t9-,12+,13+/m0/s1. The number of carboxylic acid groups (broad SMARTS) is 1. The Bertz CT molecular complexity index is 601. The van der Waals surface area contributed by atoms with Crippen LogP contribution in [0.25, 0.3) is 0 Å². The largest absolute Gasteiger partial charge is 0.493 e. The number of hydrogen-bond acceptors (Lipinski definition) is 7. The lowest BCUT2D eigenvalue weighted by Gasteiger charge is -2.21. The molecule has 1 saturated heterocycles. The van der Waals surface area contributed by atoms with Gasteiger partial charge in [0.25, 0.3) is 0 Å². The van der Waals surface area contributed by atoms with Crippen molar-refractivity contribution in [1.29, 1.82) is 0 Å². The third-order valence-corrected chi connectivity index (χ3v) is 4.02. The van der Waals surface area contributed by atoms with Crippen LogP contribution in [0.4, 0.5) is 0 Å². The van der Waals surface area contributed by atoms with E-state index in [-0.39, 0.29) is 6.61 Å². The van der Waals surface area contributed by atoms with E-state index in [4.69, 9.17) is 23.7 Å². The Morgan fingerprint density at radius 3 is 2.08 bits per heavy atom. The van der Waals surface area contributed by atoms with E-state index in [1.165, 1.54) is 28.4 Å². The third-order valence-electron chi connectivity index (χ3n) is 4.02. The van der Waals surface area contributed by atoms with Crippen LogP contribution in [0.5, 0.6) is 17.2 Å². The summed E-state index contributed by atoms with van der Waals surface area (Å²) in [4.78, 5) is 23.5. The highest BCUT2D eigenvalue weighted by Gasteiger charge is 2.48. The first-order valence-corrected chi connectivity index (χ1v) is 7.20. The Morgan fingerprint density at radius 2 is 1.67 bits per heavy atom. The number of esters is 1. The number of carboxylic acids is 1. The van der Waals surface area contributed by atoms with Gasteiger partial charge in [-0.3, -0.25) is 9.59 Å². The summed E-state index contributed by atoms with van der Waals surface area (Å²) in [6.07, 6.45) is -0.785. The third kappa shape index (κ3) is 3.09. The van der Waals surface area contributed by atoms with Gasteiger partial charge in [-0.05, 0) is 17.7 Å². The van der Waals surface area contributed by atoms with Crippen LogP contribution in [0.15, 0.2) is 12.1 Å². The summed E-state index contributed by atoms with van der Waals surface area (Å²) >= 11 is 0. The maximum Gasteiger partial charge on any atom is 0.312 e. The molecule has 0 bridgehead atoms. The highest BCUT2D eigenvalue weighted by molar-refractivity contribution is 5.82. The molecule has 3 atom stereocenters. The normalized spacial score (nSPS) is 22.8. The van der Waals surface area contributed by atoms with E-state index < -0.39 is 29.9 Å². The zero-order valence-electron chi connectivity index (χ0n) is 13.9. The van der Waals surface area contributed by atoms with Crippen LogP contribution in [-0.2, 0) is 19.1 Å². The van der Waals surface area contributed by atoms with Crippen LogP contribution >= 0.6 is 0 Å². The molecule has 1 aromatic rings. The molecule has 1 aliphatic heterocycles. The molecule has 2 rings (SSSR count). The number of benzene rings is 1. The molecule has 0 spiro atoms. The number of carbonyl (C=O) groups is 2. The fourth-order valence-electron chi connectivity index (χ4n) is 2.84. The average Bonchev–Trinajstić information content (AvgIpc) is 3.04. The SMILES string of the molecule is COC(=O)[C@@H]1[C@@H](C(=O)O)CO[C@@H]1c1cc(OC)c(OC)c(OC)c1. The van der Waals surface area contributed by atoms with Crippen molar-refractivity contribution < 1.29 is 38.4 Å². The predicted molar refractivity (Wildman–Crippen MR) is 81.4 cm³/mol. The predicted octanol–water partition coefficient (Wildman–Crippen LogP) is 1.27. The van der Waals surface area contributed by atoms with E-state index in [2.05, 4.69) is 0 Å². The second kappa shape index (κ2) is 7.39. The van der Waals surface area contributed by atoms with Gasteiger partial charge in [0.15, 0.2) is 11.5 Å².